The maximum absolute atomic E-state index is 7.90. The van der Waals surface area contributed by atoms with Crippen LogP contribution in [0, 0.1) is 0 Å². The maximum atomic E-state index is 7.90. The molecule has 0 aliphatic carbocycles. The largest absolute Gasteiger partial charge is 0.0826 e. The van der Waals surface area contributed by atoms with E-state index in [9.17, 15) is 0 Å². The van der Waals surface area contributed by atoms with Gasteiger partial charge < -0.3 is 0 Å². The highest BCUT2D eigenvalue weighted by Gasteiger charge is 2.06. The van der Waals surface area contributed by atoms with E-state index >= 15 is 0 Å². The minimum Gasteiger partial charge on any atom is -0.0826 e. The van der Waals surface area contributed by atoms with Crippen LogP contribution in [0.3, 0.4) is 0 Å². The smallest absolute Gasteiger partial charge is 0.0734 e. The van der Waals surface area contributed by atoms with Crippen LogP contribution >= 0.6 is 39.1 Å². The van der Waals surface area contributed by atoms with Crippen LogP contribution in [0.4, 0.5) is 0 Å². The van der Waals surface area contributed by atoms with Gasteiger partial charge in [-0.2, -0.15) is 0 Å². The molecule has 0 aliphatic rings. The average molecular weight is 307 g/mol. The number of hydrogen-bond donors (Lipinski definition) is 0. The first-order valence-corrected chi connectivity index (χ1v) is 5.52. The summed E-state index contributed by atoms with van der Waals surface area (Å²) in [7, 11) is 0. The zero-order chi connectivity index (χ0) is 15.2. The molecule has 0 radical (unpaired) electrons. The van der Waals surface area contributed by atoms with Gasteiger partial charge >= 0.3 is 0 Å². The van der Waals surface area contributed by atoms with Gasteiger partial charge in [0.1, 0.15) is 0 Å². The Morgan fingerprint density at radius 2 is 1.67 bits per heavy atom. The Morgan fingerprint density at radius 1 is 1.00 bits per heavy atom. The summed E-state index contributed by atoms with van der Waals surface area (Å²) in [5, 5.41) is 0.547. The molecule has 0 aliphatic heterocycles. The van der Waals surface area contributed by atoms with Crippen molar-refractivity contribution in [2.75, 3.05) is 0 Å². The normalized spacial score (nSPS) is 15.0. The van der Waals surface area contributed by atoms with E-state index < -0.39 is 6.04 Å². The minimum atomic E-state index is -0.428. The number of halogens is 3. The second kappa shape index (κ2) is 4.56. The van der Waals surface area contributed by atoms with Crippen molar-refractivity contribution in [3.8, 4) is 11.1 Å². The van der Waals surface area contributed by atoms with E-state index in [4.69, 9.17) is 30.1 Å². The van der Waals surface area contributed by atoms with E-state index in [1.54, 1.807) is 6.07 Å². The Balaban J connectivity index is 2.83. The van der Waals surface area contributed by atoms with Gasteiger partial charge in [-0.05, 0) is 39.2 Å². The third-order valence-corrected chi connectivity index (χ3v) is 3.43. The van der Waals surface area contributed by atoms with Gasteiger partial charge in [0.05, 0.1) is 16.9 Å². The quantitative estimate of drug-likeness (QED) is 0.617. The SMILES string of the molecule is [2H]c1c([2H])c([2H])c(-c2cc(Cl)c(Cl)c(Br)c2)c([2H])c1[2H]. The van der Waals surface area contributed by atoms with Crippen LogP contribution < -0.4 is 0 Å². The molecule has 0 unspecified atom stereocenters. The molecule has 0 heterocycles. The van der Waals surface area contributed by atoms with Crippen LogP contribution in [0.15, 0.2) is 46.8 Å². The van der Waals surface area contributed by atoms with Crippen molar-refractivity contribution in [3.63, 3.8) is 0 Å². The summed E-state index contributed by atoms with van der Waals surface area (Å²) in [6, 6.07) is 1.29. The molecule has 0 nitrogen and oxygen atoms in total. The lowest BCUT2D eigenvalue weighted by Gasteiger charge is -2.05. The summed E-state index contributed by atoms with van der Waals surface area (Å²) >= 11 is 15.1. The van der Waals surface area contributed by atoms with Crippen molar-refractivity contribution in [2.45, 2.75) is 0 Å². The molecule has 0 spiro atoms. The topological polar surface area (TPSA) is 0 Å². The van der Waals surface area contributed by atoms with Gasteiger partial charge in [0.25, 0.3) is 0 Å². The van der Waals surface area contributed by atoms with Gasteiger partial charge in [-0.1, -0.05) is 53.4 Å². The predicted octanol–water partition coefficient (Wildman–Crippen LogP) is 5.42. The molecule has 0 aromatic heterocycles. The van der Waals surface area contributed by atoms with Gasteiger partial charge in [-0.15, -0.1) is 0 Å². The van der Waals surface area contributed by atoms with Crippen molar-refractivity contribution in [1.29, 1.82) is 0 Å². The van der Waals surface area contributed by atoms with E-state index in [1.165, 1.54) is 6.07 Å². The summed E-state index contributed by atoms with van der Waals surface area (Å²) < 4.78 is 39.2. The molecule has 0 saturated carbocycles. The lowest BCUT2D eigenvalue weighted by Crippen LogP contribution is -1.79. The fraction of sp³-hybridized carbons (Fsp3) is 0. The first-order valence-electron chi connectivity index (χ1n) is 6.47. The lowest BCUT2D eigenvalue weighted by atomic mass is 10.1. The van der Waals surface area contributed by atoms with Crippen molar-refractivity contribution in [2.24, 2.45) is 0 Å². The standard InChI is InChI=1S/C12H7BrCl2/c13-10-6-9(7-11(14)12(10)15)8-4-2-1-3-5-8/h1-7H/i1D,2D,3D,4D,5D. The molecule has 0 bridgehead atoms. The third-order valence-electron chi connectivity index (χ3n) is 1.77. The van der Waals surface area contributed by atoms with Crippen LogP contribution in [-0.4, -0.2) is 0 Å². The monoisotopic (exact) mass is 305 g/mol. The second-order valence-corrected chi connectivity index (χ2v) is 4.39. The molecule has 76 valence electrons. The lowest BCUT2D eigenvalue weighted by molar-refractivity contribution is 1.59. The highest BCUT2D eigenvalue weighted by atomic mass is 79.9. The van der Waals surface area contributed by atoms with E-state index in [1.807, 2.05) is 0 Å². The van der Waals surface area contributed by atoms with Gasteiger partial charge in [0.15, 0.2) is 0 Å². The van der Waals surface area contributed by atoms with E-state index in [0.717, 1.165) is 0 Å². The number of rotatable bonds is 1. The van der Waals surface area contributed by atoms with E-state index in [-0.39, 0.29) is 34.8 Å². The average Bonchev–Trinajstić information content (AvgIpc) is 2.40. The first-order chi connectivity index (χ1) is 9.25. The molecule has 2 aromatic rings. The zero-order valence-electron chi connectivity index (χ0n) is 12.3. The van der Waals surface area contributed by atoms with Crippen LogP contribution in [0.25, 0.3) is 11.1 Å². The number of benzene rings is 2. The summed E-state index contributed by atoms with van der Waals surface area (Å²) in [6.45, 7) is 0. The zero-order valence-corrected chi connectivity index (χ0v) is 10.4. The fourth-order valence-corrected chi connectivity index (χ4v) is 2.00. The van der Waals surface area contributed by atoms with Crippen LogP contribution in [0.2, 0.25) is 10.0 Å². The Bertz CT molecular complexity index is 665. The van der Waals surface area contributed by atoms with E-state index in [0.29, 0.717) is 15.1 Å². The van der Waals surface area contributed by atoms with Crippen LogP contribution in [0.5, 0.6) is 0 Å². The van der Waals surface area contributed by atoms with Crippen molar-refractivity contribution < 1.29 is 6.85 Å². The van der Waals surface area contributed by atoms with Gasteiger partial charge in [-0.3, -0.25) is 0 Å². The van der Waals surface area contributed by atoms with Crippen LogP contribution in [-0.2, 0) is 0 Å². The number of hydrogen-bond acceptors (Lipinski definition) is 0. The Hall–Kier alpha value is -0.500. The molecule has 0 atom stereocenters. The fourth-order valence-electron chi connectivity index (χ4n) is 1.09. The molecule has 0 saturated heterocycles. The summed E-state index contributed by atoms with van der Waals surface area (Å²) in [6.07, 6.45) is 0. The van der Waals surface area contributed by atoms with Crippen molar-refractivity contribution in [3.05, 3.63) is 56.9 Å². The first kappa shape index (κ1) is 6.29. The summed E-state index contributed by atoms with van der Waals surface area (Å²) in [4.78, 5) is 0. The predicted molar refractivity (Wildman–Crippen MR) is 69.6 cm³/mol. The highest BCUT2D eigenvalue weighted by Crippen LogP contribution is 2.35. The molecule has 0 fully saturated rings. The second-order valence-electron chi connectivity index (χ2n) is 2.75. The van der Waals surface area contributed by atoms with Crippen LogP contribution in [0.1, 0.15) is 6.85 Å². The van der Waals surface area contributed by atoms with Gasteiger partial charge in [0.2, 0.25) is 0 Å². The molecule has 2 rings (SSSR count). The Morgan fingerprint density at radius 3 is 2.27 bits per heavy atom. The molecular formula is C12H7BrCl2. The molecule has 15 heavy (non-hydrogen) atoms. The third kappa shape index (κ3) is 2.36. The van der Waals surface area contributed by atoms with Gasteiger partial charge in [0, 0.05) is 4.47 Å². The highest BCUT2D eigenvalue weighted by molar-refractivity contribution is 9.10. The van der Waals surface area contributed by atoms with Crippen molar-refractivity contribution >= 4 is 39.1 Å². The molecule has 0 N–H and O–H groups in total. The molecule has 0 amide bonds. The Kier molecular flexibility index (Phi) is 1.91. The van der Waals surface area contributed by atoms with Crippen molar-refractivity contribution in [1.82, 2.24) is 0 Å². The van der Waals surface area contributed by atoms with E-state index in [2.05, 4.69) is 15.9 Å². The maximum Gasteiger partial charge on any atom is 0.0734 e. The minimum absolute atomic E-state index is 0.0928. The molecule has 2 aromatic carbocycles. The molecular weight excluding hydrogens is 295 g/mol. The Labute approximate surface area is 114 Å². The molecule has 3 heteroatoms. The summed E-state index contributed by atoms with van der Waals surface area (Å²) in [5.74, 6) is 0. The summed E-state index contributed by atoms with van der Waals surface area (Å²) in [5.41, 5.74) is 0.499. The van der Waals surface area contributed by atoms with Gasteiger partial charge in [-0.25, -0.2) is 0 Å².